The molecule has 2 bridgehead atoms. The number of likely N-dealkylation sites (tertiary alicyclic amines) is 2. The Labute approximate surface area is 373 Å². The quantitative estimate of drug-likeness (QED) is 0.108. The zero-order valence-electron chi connectivity index (χ0n) is 37.3. The van der Waals surface area contributed by atoms with Crippen molar-refractivity contribution in [2.24, 2.45) is 17.8 Å². The number of benzene rings is 3. The minimum Gasteiger partial charge on any atom is -0.453 e. The van der Waals surface area contributed by atoms with Crippen LogP contribution in [0.1, 0.15) is 113 Å². The van der Waals surface area contributed by atoms with Gasteiger partial charge in [0, 0.05) is 12.1 Å². The molecule has 14 nitrogen and oxygen atoms in total. The zero-order chi connectivity index (χ0) is 44.4. The Balaban J connectivity index is 0.899. The highest BCUT2D eigenvalue weighted by atomic mass is 16.5. The van der Waals surface area contributed by atoms with Gasteiger partial charge in [0.1, 0.15) is 24.2 Å². The molecule has 5 aromatic rings. The molecular weight excluding hydrogens is 809 g/mol. The normalized spacial score (nSPS) is 24.9. The van der Waals surface area contributed by atoms with E-state index in [1.807, 2.05) is 29.8 Å². The maximum atomic E-state index is 14.1. The fourth-order valence-corrected chi connectivity index (χ4v) is 11.8. The number of hydrogen-bond acceptors (Lipinski definition) is 8. The van der Waals surface area contributed by atoms with Gasteiger partial charge in [-0.3, -0.25) is 9.59 Å². The molecule has 2 saturated heterocycles. The van der Waals surface area contributed by atoms with Crippen molar-refractivity contribution >= 4 is 35.0 Å². The van der Waals surface area contributed by atoms with E-state index in [1.165, 1.54) is 54.9 Å². The Morgan fingerprint density at radius 2 is 1.56 bits per heavy atom. The molecule has 4 N–H and O–H groups in total. The summed E-state index contributed by atoms with van der Waals surface area (Å²) in [7, 11) is 2.61. The van der Waals surface area contributed by atoms with Crippen LogP contribution >= 0.6 is 0 Å². The van der Waals surface area contributed by atoms with Crippen LogP contribution in [0.5, 0.6) is 0 Å². The molecule has 14 heteroatoms. The minimum atomic E-state index is -0.678. The number of imidazole rings is 2. The van der Waals surface area contributed by atoms with E-state index >= 15 is 0 Å². The van der Waals surface area contributed by atoms with E-state index in [0.717, 1.165) is 84.4 Å². The number of amides is 4. The third-order valence-electron chi connectivity index (χ3n) is 15.1. The first kappa shape index (κ1) is 41.8. The summed E-state index contributed by atoms with van der Waals surface area (Å²) >= 11 is 0. The molecule has 4 heterocycles. The van der Waals surface area contributed by atoms with Crippen LogP contribution in [-0.2, 0) is 25.5 Å². The molecule has 6 unspecified atom stereocenters. The van der Waals surface area contributed by atoms with Gasteiger partial charge in [0.05, 0.1) is 49.2 Å². The molecule has 2 aromatic heterocycles. The van der Waals surface area contributed by atoms with Gasteiger partial charge in [-0.25, -0.2) is 19.6 Å². The summed E-state index contributed by atoms with van der Waals surface area (Å²) in [6.07, 6.45) is 9.80. The summed E-state index contributed by atoms with van der Waals surface area (Å²) in [5, 5.41) is 5.33. The topological polar surface area (TPSA) is 175 Å². The minimum absolute atomic E-state index is 0.0185. The van der Waals surface area contributed by atoms with E-state index in [9.17, 15) is 19.2 Å². The van der Waals surface area contributed by atoms with Crippen molar-refractivity contribution in [3.05, 3.63) is 83.6 Å². The van der Waals surface area contributed by atoms with Crippen LogP contribution in [0.25, 0.3) is 44.5 Å². The average molecular weight is 867 g/mol. The highest BCUT2D eigenvalue weighted by molar-refractivity contribution is 5.88. The highest BCUT2D eigenvalue weighted by Gasteiger charge is 2.51. The van der Waals surface area contributed by atoms with Crippen molar-refractivity contribution in [3.8, 4) is 33.5 Å². The number of nitrogens with zero attached hydrogens (tertiary/aromatic N) is 4. The molecule has 2 saturated carbocycles. The Morgan fingerprint density at radius 3 is 2.31 bits per heavy atom. The maximum Gasteiger partial charge on any atom is 0.407 e. The Bertz CT molecular complexity index is 2620. The molecule has 3 aromatic carbocycles. The van der Waals surface area contributed by atoms with Crippen molar-refractivity contribution in [3.63, 3.8) is 0 Å². The number of fused-ring (bicyclic) bond motifs is 6. The van der Waals surface area contributed by atoms with E-state index < -0.39 is 18.2 Å². The Hall–Kier alpha value is -6.18. The van der Waals surface area contributed by atoms with Gasteiger partial charge in [-0.15, -0.1) is 0 Å². The fourth-order valence-electron chi connectivity index (χ4n) is 11.8. The maximum absolute atomic E-state index is 14.1. The monoisotopic (exact) mass is 866 g/mol. The summed E-state index contributed by atoms with van der Waals surface area (Å²) in [5.41, 5.74) is 11.6. The molecule has 4 fully saturated rings. The van der Waals surface area contributed by atoms with Gasteiger partial charge in [0.15, 0.2) is 0 Å². The van der Waals surface area contributed by atoms with Crippen LogP contribution in [-0.4, -0.2) is 92.6 Å². The smallest absolute Gasteiger partial charge is 0.407 e. The van der Waals surface area contributed by atoms with Crippen LogP contribution in [0.15, 0.2) is 60.8 Å². The second-order valence-corrected chi connectivity index (χ2v) is 19.0. The van der Waals surface area contributed by atoms with Gasteiger partial charge in [-0.1, -0.05) is 56.3 Å². The number of carbonyl (C=O) groups is 4. The lowest BCUT2D eigenvalue weighted by Crippen LogP contribution is -2.54. The molecule has 10 rings (SSSR count). The Kier molecular flexibility index (Phi) is 10.9. The van der Waals surface area contributed by atoms with E-state index in [1.54, 1.807) is 0 Å². The lowest BCUT2D eigenvalue weighted by atomic mass is 9.73. The number of piperidine rings is 2. The van der Waals surface area contributed by atoms with Gasteiger partial charge in [-0.05, 0) is 139 Å². The molecular formula is C50H58N8O6. The lowest BCUT2D eigenvalue weighted by Gasteiger charge is -2.39. The number of aromatic nitrogens is 4. The first-order chi connectivity index (χ1) is 31.0. The predicted molar refractivity (Wildman–Crippen MR) is 242 cm³/mol. The number of H-pyrrole nitrogens is 2. The molecule has 3 aliphatic carbocycles. The van der Waals surface area contributed by atoms with Crippen LogP contribution in [0.2, 0.25) is 0 Å². The third kappa shape index (κ3) is 7.28. The number of alkyl carbamates (subject to hydrolysis) is 2. The lowest BCUT2D eigenvalue weighted by molar-refractivity contribution is -0.139. The van der Waals surface area contributed by atoms with Crippen molar-refractivity contribution < 1.29 is 28.7 Å². The van der Waals surface area contributed by atoms with Crippen molar-refractivity contribution in [2.45, 2.75) is 115 Å². The number of methoxy groups -OCH3 is 2. The molecule has 0 radical (unpaired) electrons. The van der Waals surface area contributed by atoms with Gasteiger partial charge in [0.25, 0.3) is 0 Å². The Morgan fingerprint density at radius 1 is 0.812 bits per heavy atom. The van der Waals surface area contributed by atoms with E-state index in [2.05, 4.69) is 82.1 Å². The van der Waals surface area contributed by atoms with Gasteiger partial charge >= 0.3 is 12.2 Å². The van der Waals surface area contributed by atoms with Crippen molar-refractivity contribution in [1.82, 2.24) is 40.4 Å². The van der Waals surface area contributed by atoms with E-state index in [0.29, 0.717) is 17.8 Å². The van der Waals surface area contributed by atoms with Crippen LogP contribution in [0, 0.1) is 17.8 Å². The number of carbonyl (C=O) groups excluding carboxylic acids is 4. The molecule has 4 amide bonds. The first-order valence-electron chi connectivity index (χ1n) is 23.1. The van der Waals surface area contributed by atoms with E-state index in [4.69, 9.17) is 19.4 Å². The third-order valence-corrected chi connectivity index (χ3v) is 15.1. The SMILES string of the molecule is COC(=O)NCC(=O)N1[C@@H](C)CCC[C@H]1c1nc2ccc(-c3ccc(-c4ccc(-c5cnc(C6C7CCC(C7)N6C(=O)C(NC(=O)OC)C(C)C)[nH]5)cc4)c4c3CC3CCC43)cc2[nH]1. The number of ether oxygens (including phenoxy) is 2. The number of nitrogens with one attached hydrogen (secondary N) is 4. The molecule has 5 aliphatic rings. The highest BCUT2D eigenvalue weighted by Crippen LogP contribution is 2.56. The van der Waals surface area contributed by atoms with Gasteiger partial charge in [0.2, 0.25) is 11.8 Å². The summed E-state index contributed by atoms with van der Waals surface area (Å²) in [6.45, 7) is 5.81. The van der Waals surface area contributed by atoms with Crippen molar-refractivity contribution in [2.75, 3.05) is 20.8 Å². The molecule has 2 aliphatic heterocycles. The van der Waals surface area contributed by atoms with Crippen LogP contribution in [0.4, 0.5) is 9.59 Å². The largest absolute Gasteiger partial charge is 0.453 e. The summed E-state index contributed by atoms with van der Waals surface area (Å²) in [4.78, 5) is 72.3. The fraction of sp³-hybridized carbons (Fsp3) is 0.480. The molecule has 64 heavy (non-hydrogen) atoms. The van der Waals surface area contributed by atoms with Crippen LogP contribution < -0.4 is 10.6 Å². The van der Waals surface area contributed by atoms with Crippen LogP contribution in [0.3, 0.4) is 0 Å². The van der Waals surface area contributed by atoms with Gasteiger partial charge in [-0.2, -0.15) is 0 Å². The standard InChI is InChI=1S/C50H58N8O6/c1-26(2)44(56-50(62)64-5)48(60)58-33-16-13-32(21-33)45(58)47-51-24-40(55-47)29-11-9-28(10-12-29)35-19-18-34(37-22-30-14-17-36(30)43(35)37)31-15-20-38-39(23-31)54-46(53-38)41-8-6-7-27(3)57(41)42(59)25-52-49(61)63-4/h9-12,15,18-20,23-24,26-27,30,32-33,36,41,44-45H,6-8,13-14,16-17,21-22,25H2,1-5H3,(H,51,55)(H,52,61)(H,53,54)(H,56,62)/t27-,30?,32?,33?,36?,41-,44?,45?/m0/s1. The van der Waals surface area contributed by atoms with Gasteiger partial charge < -0.3 is 39.9 Å². The molecule has 0 spiro atoms. The summed E-state index contributed by atoms with van der Waals surface area (Å²) in [5.74, 6) is 2.76. The summed E-state index contributed by atoms with van der Waals surface area (Å²) < 4.78 is 9.55. The predicted octanol–water partition coefficient (Wildman–Crippen LogP) is 8.57. The molecule has 334 valence electrons. The second-order valence-electron chi connectivity index (χ2n) is 19.0. The second kappa shape index (κ2) is 16.7. The van der Waals surface area contributed by atoms with Crippen molar-refractivity contribution in [1.29, 1.82) is 0 Å². The number of hydrogen-bond donors (Lipinski definition) is 4. The van der Waals surface area contributed by atoms with E-state index in [-0.39, 0.29) is 48.4 Å². The zero-order valence-corrected chi connectivity index (χ0v) is 37.3. The first-order valence-corrected chi connectivity index (χ1v) is 23.1. The summed E-state index contributed by atoms with van der Waals surface area (Å²) in [6, 6.07) is 18.9. The number of aromatic amines is 2. The molecule has 8 atom stereocenters. The number of rotatable bonds is 10. The average Bonchev–Trinajstić information content (AvgIpc) is 4.15.